The van der Waals surface area contributed by atoms with Gasteiger partial charge in [0.2, 0.25) is 5.78 Å². The molecule has 11 heteroatoms. The molecule has 0 aromatic heterocycles. The predicted octanol–water partition coefficient (Wildman–Crippen LogP) is 3.03. The van der Waals surface area contributed by atoms with Crippen LogP contribution in [-0.2, 0) is 33.3 Å². The first-order valence-electron chi connectivity index (χ1n) is 16.3. The molecular weight excluding hydrogens is 596 g/mol. The maximum atomic E-state index is 15.0. The number of fused-ring (bicyclic) bond motifs is 5. The summed E-state index contributed by atoms with van der Waals surface area (Å²) in [6.07, 6.45) is -2.54. The van der Waals surface area contributed by atoms with Gasteiger partial charge in [-0.05, 0) is 37.5 Å². The third kappa shape index (κ3) is 4.60. The third-order valence-corrected chi connectivity index (χ3v) is 11.8. The Kier molecular flexibility index (Phi) is 8.02. The number of Topliss-reactive ketones (excluding diaryl/α,β-unsaturated/α-hetero) is 1. The van der Waals surface area contributed by atoms with Crippen LogP contribution in [0, 0.1) is 28.6 Å². The average molecular weight is 641 g/mol. The maximum absolute atomic E-state index is 15.0. The molecule has 250 valence electrons. The number of hydrogen-bond donors (Lipinski definition) is 3. The van der Waals surface area contributed by atoms with E-state index in [1.165, 1.54) is 6.92 Å². The quantitative estimate of drug-likeness (QED) is 0.320. The Hall–Kier alpha value is -3.12. The van der Waals surface area contributed by atoms with E-state index in [0.29, 0.717) is 12.8 Å². The topological polar surface area (TPSA) is 166 Å². The van der Waals surface area contributed by atoms with Gasteiger partial charge in [0.25, 0.3) is 0 Å². The fourth-order valence-corrected chi connectivity index (χ4v) is 9.06. The lowest BCUT2D eigenvalue weighted by Gasteiger charge is -2.67. The molecule has 0 radical (unpaired) electrons. The van der Waals surface area contributed by atoms with E-state index in [1.807, 2.05) is 0 Å². The van der Waals surface area contributed by atoms with E-state index in [1.54, 1.807) is 51.1 Å². The van der Waals surface area contributed by atoms with Crippen LogP contribution in [0.25, 0.3) is 0 Å². The van der Waals surface area contributed by atoms with Crippen molar-refractivity contribution < 1.29 is 53.4 Å². The van der Waals surface area contributed by atoms with Gasteiger partial charge >= 0.3 is 17.9 Å². The minimum absolute atomic E-state index is 0.0985. The molecule has 0 amide bonds. The lowest BCUT2D eigenvalue weighted by atomic mass is 9.45. The molecule has 4 aliphatic carbocycles. The minimum Gasteiger partial charge on any atom is -0.455 e. The Morgan fingerprint density at radius 2 is 1.67 bits per heavy atom. The summed E-state index contributed by atoms with van der Waals surface area (Å²) < 4.78 is 24.3. The smallest absolute Gasteiger partial charge is 0.338 e. The van der Waals surface area contributed by atoms with Gasteiger partial charge in [-0.2, -0.15) is 0 Å². The largest absolute Gasteiger partial charge is 0.455 e. The van der Waals surface area contributed by atoms with Crippen molar-refractivity contribution in [2.75, 3.05) is 6.61 Å². The Morgan fingerprint density at radius 1 is 1.02 bits per heavy atom. The first-order valence-corrected chi connectivity index (χ1v) is 16.3. The van der Waals surface area contributed by atoms with Gasteiger partial charge < -0.3 is 34.3 Å². The lowest BCUT2D eigenvalue weighted by Crippen LogP contribution is -2.81. The predicted molar refractivity (Wildman–Crippen MR) is 161 cm³/mol. The third-order valence-electron chi connectivity index (χ3n) is 11.8. The molecule has 9 atom stereocenters. The molecule has 2 bridgehead atoms. The number of carbonyl (C=O) groups excluding carboxylic acids is 4. The van der Waals surface area contributed by atoms with Crippen molar-refractivity contribution in [3.63, 3.8) is 0 Å². The molecule has 46 heavy (non-hydrogen) atoms. The van der Waals surface area contributed by atoms with Crippen LogP contribution >= 0.6 is 0 Å². The molecule has 5 aliphatic rings. The van der Waals surface area contributed by atoms with Gasteiger partial charge in [0.05, 0.1) is 41.6 Å². The number of benzene rings is 1. The molecule has 3 saturated carbocycles. The zero-order chi connectivity index (χ0) is 33.4. The van der Waals surface area contributed by atoms with Crippen molar-refractivity contribution in [3.8, 4) is 0 Å². The molecule has 4 fully saturated rings. The van der Waals surface area contributed by atoms with Gasteiger partial charge in [0.1, 0.15) is 17.8 Å². The molecule has 1 heterocycles. The van der Waals surface area contributed by atoms with Crippen LogP contribution < -0.4 is 0 Å². The number of hydrogen-bond acceptors (Lipinski definition) is 11. The molecule has 6 rings (SSSR count). The van der Waals surface area contributed by atoms with E-state index in [2.05, 4.69) is 0 Å². The Balaban J connectivity index is 1.63. The summed E-state index contributed by atoms with van der Waals surface area (Å²) in [7, 11) is 0. The molecule has 1 aromatic carbocycles. The van der Waals surface area contributed by atoms with E-state index < -0.39 is 82.0 Å². The average Bonchev–Trinajstić information content (AvgIpc) is 3.55. The maximum Gasteiger partial charge on any atom is 0.338 e. The van der Waals surface area contributed by atoms with Gasteiger partial charge in [-0.1, -0.05) is 51.8 Å². The summed E-state index contributed by atoms with van der Waals surface area (Å²) in [6.45, 7) is 7.42. The van der Waals surface area contributed by atoms with Crippen LogP contribution in [0.2, 0.25) is 0 Å². The molecule has 1 aliphatic heterocycles. The van der Waals surface area contributed by atoms with Crippen molar-refractivity contribution in [1.29, 1.82) is 0 Å². The zero-order valence-corrected chi connectivity index (χ0v) is 27.0. The van der Waals surface area contributed by atoms with E-state index in [0.717, 1.165) is 19.8 Å². The number of ether oxygens (including phenoxy) is 4. The summed E-state index contributed by atoms with van der Waals surface area (Å²) in [6, 6.07) is 8.15. The van der Waals surface area contributed by atoms with Crippen molar-refractivity contribution >= 4 is 23.7 Å². The van der Waals surface area contributed by atoms with Gasteiger partial charge in [-0.15, -0.1) is 0 Å². The normalized spacial score (nSPS) is 40.0. The summed E-state index contributed by atoms with van der Waals surface area (Å²) in [5.41, 5.74) is -6.70. The number of allylic oxidation sites excluding steroid dienone is 1. The van der Waals surface area contributed by atoms with Crippen LogP contribution in [0.15, 0.2) is 41.7 Å². The lowest BCUT2D eigenvalue weighted by molar-refractivity contribution is -0.346. The molecule has 0 spiro atoms. The highest BCUT2D eigenvalue weighted by molar-refractivity contribution is 6.02. The van der Waals surface area contributed by atoms with E-state index in [4.69, 9.17) is 18.9 Å². The number of carbonyl (C=O) groups is 4. The van der Waals surface area contributed by atoms with Gasteiger partial charge in [0, 0.05) is 31.1 Å². The highest BCUT2D eigenvalue weighted by atomic mass is 16.6. The number of ketones is 1. The summed E-state index contributed by atoms with van der Waals surface area (Å²) in [4.78, 5) is 55.2. The van der Waals surface area contributed by atoms with Crippen LogP contribution in [0.4, 0.5) is 0 Å². The highest BCUT2D eigenvalue weighted by Gasteiger charge is 2.78. The monoisotopic (exact) mass is 640 g/mol. The summed E-state index contributed by atoms with van der Waals surface area (Å²) in [5, 5.41) is 36.4. The van der Waals surface area contributed by atoms with Crippen LogP contribution in [0.5, 0.6) is 0 Å². The van der Waals surface area contributed by atoms with Gasteiger partial charge in [-0.25, -0.2) is 4.79 Å². The fourth-order valence-electron chi connectivity index (χ4n) is 9.06. The number of aliphatic hydroxyl groups excluding tert-OH is 2. The molecule has 1 aromatic rings. The second-order valence-electron chi connectivity index (χ2n) is 14.6. The molecular formula is C35H44O11. The van der Waals surface area contributed by atoms with Crippen molar-refractivity contribution in [2.24, 2.45) is 28.6 Å². The summed E-state index contributed by atoms with van der Waals surface area (Å²) >= 11 is 0. The SMILES string of the molecule is CC(=O)OC1=C2C(C)C(O)CC(O)(C(OC(=O)c3ccccc3)C3C4(OC(=O)C5CCCC5)COC4CC(O)C3(C)C1=O)C2(C)C. The molecule has 1 saturated heterocycles. The van der Waals surface area contributed by atoms with Gasteiger partial charge in [-0.3, -0.25) is 14.4 Å². The van der Waals surface area contributed by atoms with E-state index in [-0.39, 0.29) is 42.3 Å². The van der Waals surface area contributed by atoms with Gasteiger partial charge in [0.15, 0.2) is 11.4 Å². The number of esters is 3. The van der Waals surface area contributed by atoms with Crippen LogP contribution in [0.3, 0.4) is 0 Å². The minimum atomic E-state index is -2.11. The fraction of sp³-hybridized carbons (Fsp3) is 0.657. The van der Waals surface area contributed by atoms with E-state index >= 15 is 4.79 Å². The van der Waals surface area contributed by atoms with Crippen LogP contribution in [-0.4, -0.2) is 81.2 Å². The standard InChI is InChI=1S/C35H44O11/c1-18-22(37)16-35(42)29(45-30(40)20-11-7-6-8-12-20)27-33(5,28(39)26(44-19(2)36)25(18)32(35,3)4)23(38)15-24-34(27,17-43-24)46-31(41)21-13-9-10-14-21/h6-8,11-12,18,21-24,27,29,37-38,42H,9-10,13-17H2,1-5H3. The van der Waals surface area contributed by atoms with Crippen molar-refractivity contribution in [3.05, 3.63) is 47.2 Å². The van der Waals surface area contributed by atoms with E-state index in [9.17, 15) is 29.7 Å². The Labute approximate surface area is 268 Å². The molecule has 9 unspecified atom stereocenters. The summed E-state index contributed by atoms with van der Waals surface area (Å²) in [5.74, 6) is -5.73. The van der Waals surface area contributed by atoms with Crippen molar-refractivity contribution in [1.82, 2.24) is 0 Å². The number of aliphatic hydroxyl groups is 3. The first-order chi connectivity index (χ1) is 21.6. The van der Waals surface area contributed by atoms with Crippen LogP contribution in [0.1, 0.15) is 83.5 Å². The second kappa shape index (κ2) is 11.2. The molecule has 3 N–H and O–H groups in total. The zero-order valence-electron chi connectivity index (χ0n) is 27.0. The number of rotatable bonds is 5. The second-order valence-corrected chi connectivity index (χ2v) is 14.6. The molecule has 11 nitrogen and oxygen atoms in total. The Morgan fingerprint density at radius 3 is 2.26 bits per heavy atom. The highest BCUT2D eigenvalue weighted by Crippen LogP contribution is 2.64. The Bertz CT molecular complexity index is 1460. The first kappa shape index (κ1) is 32.8. The van der Waals surface area contributed by atoms with Crippen molar-refractivity contribution in [2.45, 2.75) is 109 Å².